The van der Waals surface area contributed by atoms with Gasteiger partial charge in [-0.3, -0.25) is 19.7 Å². The molecule has 1 aliphatic heterocycles. The van der Waals surface area contributed by atoms with Gasteiger partial charge in [0.2, 0.25) is 0 Å². The van der Waals surface area contributed by atoms with Crippen LogP contribution in [0.25, 0.3) is 22.0 Å². The summed E-state index contributed by atoms with van der Waals surface area (Å²) in [6.45, 7) is 2.41. The summed E-state index contributed by atoms with van der Waals surface area (Å²) in [7, 11) is 0. The molecule has 1 atom stereocenters. The minimum atomic E-state index is -0.0517. The minimum Gasteiger partial charge on any atom is -0.376 e. The number of benzene rings is 1. The van der Waals surface area contributed by atoms with E-state index in [1.165, 1.54) is 0 Å². The third-order valence-corrected chi connectivity index (χ3v) is 4.99. The first-order valence-electron chi connectivity index (χ1n) is 9.47. The van der Waals surface area contributed by atoms with Gasteiger partial charge in [0.15, 0.2) is 5.78 Å². The molecule has 2 N–H and O–H groups in total. The van der Waals surface area contributed by atoms with E-state index < -0.39 is 0 Å². The van der Waals surface area contributed by atoms with Crippen molar-refractivity contribution in [3.8, 4) is 11.1 Å². The van der Waals surface area contributed by atoms with Crippen molar-refractivity contribution in [3.63, 3.8) is 0 Å². The summed E-state index contributed by atoms with van der Waals surface area (Å²) in [6, 6.07) is 5.84. The van der Waals surface area contributed by atoms with Crippen LogP contribution < -0.4 is 0 Å². The van der Waals surface area contributed by atoms with Gasteiger partial charge < -0.3 is 9.47 Å². The molecule has 0 amide bonds. The molecule has 5 rings (SSSR count). The zero-order valence-electron chi connectivity index (χ0n) is 15.7. The Morgan fingerprint density at radius 1 is 1.24 bits per heavy atom. The maximum atomic E-state index is 12.8. The average molecular weight is 392 g/mol. The van der Waals surface area contributed by atoms with E-state index in [0.29, 0.717) is 32.1 Å². The molecular formula is C20H20N6O3. The number of carbonyl (C=O) groups excluding carboxylic acids is 1. The van der Waals surface area contributed by atoms with E-state index in [0.717, 1.165) is 27.6 Å². The molecule has 1 aliphatic rings. The first kappa shape index (κ1) is 17.8. The van der Waals surface area contributed by atoms with E-state index in [4.69, 9.17) is 9.47 Å². The van der Waals surface area contributed by atoms with Crippen molar-refractivity contribution in [1.29, 1.82) is 0 Å². The normalized spacial score (nSPS) is 17.0. The van der Waals surface area contributed by atoms with Crippen LogP contribution in [-0.2, 0) is 22.4 Å². The monoisotopic (exact) mass is 392 g/mol. The van der Waals surface area contributed by atoms with Crippen molar-refractivity contribution >= 4 is 16.7 Å². The van der Waals surface area contributed by atoms with Gasteiger partial charge in [0, 0.05) is 29.8 Å². The molecule has 0 spiro atoms. The number of nitrogens with zero attached hydrogens (tertiary/aromatic N) is 4. The van der Waals surface area contributed by atoms with E-state index in [2.05, 4.69) is 25.5 Å². The molecule has 1 aromatic carbocycles. The van der Waals surface area contributed by atoms with Crippen LogP contribution in [0.3, 0.4) is 0 Å². The molecule has 0 saturated carbocycles. The van der Waals surface area contributed by atoms with Crippen molar-refractivity contribution in [2.45, 2.75) is 19.1 Å². The summed E-state index contributed by atoms with van der Waals surface area (Å²) >= 11 is 0. The predicted octanol–water partition coefficient (Wildman–Crippen LogP) is 1.99. The third-order valence-electron chi connectivity index (χ3n) is 4.99. The Morgan fingerprint density at radius 3 is 3.03 bits per heavy atom. The quantitative estimate of drug-likeness (QED) is 0.486. The number of H-pyrrole nitrogens is 2. The first-order chi connectivity index (χ1) is 14.3. The Hall–Kier alpha value is -3.30. The maximum Gasteiger partial charge on any atom is 0.188 e. The Balaban J connectivity index is 1.30. The van der Waals surface area contributed by atoms with Gasteiger partial charge in [0.05, 0.1) is 44.3 Å². The number of hydrogen-bond donors (Lipinski definition) is 2. The fourth-order valence-electron chi connectivity index (χ4n) is 3.54. The molecule has 4 aromatic rings. The Kier molecular flexibility index (Phi) is 4.66. The summed E-state index contributed by atoms with van der Waals surface area (Å²) in [5.41, 5.74) is 4.09. The lowest BCUT2D eigenvalue weighted by Crippen LogP contribution is -2.32. The number of aromatic amines is 2. The van der Waals surface area contributed by atoms with Crippen LogP contribution in [0.1, 0.15) is 16.1 Å². The zero-order chi connectivity index (χ0) is 19.6. The molecule has 0 bridgehead atoms. The van der Waals surface area contributed by atoms with Crippen LogP contribution >= 0.6 is 0 Å². The SMILES string of the molecule is O=C(Cc1cnn(CC2COCCO2)c1)c1n[nH]c2cc(-c3cn[nH]c3)ccc12. The lowest BCUT2D eigenvalue weighted by atomic mass is 10.0. The smallest absolute Gasteiger partial charge is 0.188 e. The molecule has 4 heterocycles. The van der Waals surface area contributed by atoms with Crippen molar-refractivity contribution in [2.75, 3.05) is 19.8 Å². The van der Waals surface area contributed by atoms with Crippen molar-refractivity contribution in [1.82, 2.24) is 30.2 Å². The second-order valence-corrected chi connectivity index (χ2v) is 7.06. The van der Waals surface area contributed by atoms with Crippen molar-refractivity contribution in [3.05, 3.63) is 54.2 Å². The predicted molar refractivity (Wildman–Crippen MR) is 104 cm³/mol. The largest absolute Gasteiger partial charge is 0.376 e. The van der Waals surface area contributed by atoms with Gasteiger partial charge in [-0.2, -0.15) is 15.3 Å². The molecule has 9 nitrogen and oxygen atoms in total. The summed E-state index contributed by atoms with van der Waals surface area (Å²) in [6.07, 6.45) is 7.41. The molecule has 29 heavy (non-hydrogen) atoms. The maximum absolute atomic E-state index is 12.8. The number of hydrogen-bond acceptors (Lipinski definition) is 6. The standard InChI is InChI=1S/C20H20N6O3/c27-19(5-13-7-23-26(10-13)11-16-12-28-3-4-29-16)20-17-2-1-14(6-18(17)24-25-20)15-8-21-22-9-15/h1-2,6-10,16H,3-5,11-12H2,(H,21,22)(H,24,25). The molecule has 3 aromatic heterocycles. The second-order valence-electron chi connectivity index (χ2n) is 7.06. The van der Waals surface area contributed by atoms with Gasteiger partial charge in [-0.1, -0.05) is 6.07 Å². The fraction of sp³-hybridized carbons (Fsp3) is 0.300. The zero-order valence-corrected chi connectivity index (χ0v) is 15.7. The fourth-order valence-corrected chi connectivity index (χ4v) is 3.54. The number of nitrogens with one attached hydrogen (secondary N) is 2. The molecule has 0 aliphatic carbocycles. The number of Topliss-reactive ketones (excluding diaryl/α,β-unsaturated/α-hetero) is 1. The lowest BCUT2D eigenvalue weighted by molar-refractivity contribution is -0.0946. The number of carbonyl (C=O) groups is 1. The van der Waals surface area contributed by atoms with Gasteiger partial charge in [-0.05, 0) is 23.3 Å². The molecule has 9 heteroatoms. The van der Waals surface area contributed by atoms with Gasteiger partial charge in [-0.15, -0.1) is 0 Å². The summed E-state index contributed by atoms with van der Waals surface area (Å²) in [5.74, 6) is -0.0517. The van der Waals surface area contributed by atoms with Crippen LogP contribution in [0.4, 0.5) is 0 Å². The highest BCUT2D eigenvalue weighted by Crippen LogP contribution is 2.25. The molecule has 148 valence electrons. The van der Waals surface area contributed by atoms with E-state index in [9.17, 15) is 4.79 Å². The molecule has 0 radical (unpaired) electrons. The highest BCUT2D eigenvalue weighted by Gasteiger charge is 2.18. The van der Waals surface area contributed by atoms with Gasteiger partial charge in [0.25, 0.3) is 0 Å². The number of ketones is 1. The van der Waals surface area contributed by atoms with Crippen molar-refractivity contribution < 1.29 is 14.3 Å². The highest BCUT2D eigenvalue weighted by atomic mass is 16.6. The van der Waals surface area contributed by atoms with Crippen LogP contribution in [0.2, 0.25) is 0 Å². The summed E-state index contributed by atoms with van der Waals surface area (Å²) < 4.78 is 12.8. The van der Waals surface area contributed by atoms with Crippen LogP contribution in [0.15, 0.2) is 43.0 Å². The number of fused-ring (bicyclic) bond motifs is 1. The molecular weight excluding hydrogens is 372 g/mol. The van der Waals surface area contributed by atoms with Crippen LogP contribution in [-0.4, -0.2) is 61.9 Å². The van der Waals surface area contributed by atoms with E-state index in [1.807, 2.05) is 30.6 Å². The molecule has 1 fully saturated rings. The van der Waals surface area contributed by atoms with Crippen LogP contribution in [0, 0.1) is 0 Å². The number of rotatable bonds is 6. The lowest BCUT2D eigenvalue weighted by Gasteiger charge is -2.22. The van der Waals surface area contributed by atoms with Gasteiger partial charge in [0.1, 0.15) is 11.8 Å². The Morgan fingerprint density at radius 2 is 2.21 bits per heavy atom. The third kappa shape index (κ3) is 3.69. The summed E-state index contributed by atoms with van der Waals surface area (Å²) in [4.78, 5) is 12.8. The topological polar surface area (TPSA) is 111 Å². The van der Waals surface area contributed by atoms with Crippen LogP contribution in [0.5, 0.6) is 0 Å². The van der Waals surface area contributed by atoms with Gasteiger partial charge >= 0.3 is 0 Å². The first-order valence-corrected chi connectivity index (χ1v) is 9.47. The Bertz CT molecular complexity index is 1120. The van der Waals surface area contributed by atoms with E-state index >= 15 is 0 Å². The minimum absolute atomic E-state index is 0.00749. The average Bonchev–Trinajstić information content (AvgIpc) is 3.49. The highest BCUT2D eigenvalue weighted by molar-refractivity contribution is 6.07. The second kappa shape index (κ2) is 7.61. The summed E-state index contributed by atoms with van der Waals surface area (Å²) in [5, 5.41) is 19.1. The molecule has 1 saturated heterocycles. The van der Waals surface area contributed by atoms with E-state index in [1.54, 1.807) is 17.1 Å². The number of ether oxygens (including phenoxy) is 2. The molecule has 1 unspecified atom stereocenters. The van der Waals surface area contributed by atoms with Crippen molar-refractivity contribution in [2.24, 2.45) is 0 Å². The Labute approximate surface area is 166 Å². The van der Waals surface area contributed by atoms with Gasteiger partial charge in [-0.25, -0.2) is 0 Å². The number of aromatic nitrogens is 6. The van der Waals surface area contributed by atoms with E-state index in [-0.39, 0.29) is 18.3 Å².